The minimum atomic E-state index is -0.626. The predicted molar refractivity (Wildman–Crippen MR) is 112 cm³/mol. The number of hydrogen-bond acceptors (Lipinski definition) is 2. The summed E-state index contributed by atoms with van der Waals surface area (Å²) < 4.78 is 9.66. The van der Waals surface area contributed by atoms with E-state index in [9.17, 15) is 0 Å². The Morgan fingerprint density at radius 2 is 1.96 bits per heavy atom. The molecule has 0 saturated heterocycles. The molecule has 0 radical (unpaired) electrons. The zero-order valence-corrected chi connectivity index (χ0v) is 16.1. The fraction of sp³-hybridized carbons (Fsp3) is 0.208. The van der Waals surface area contributed by atoms with Gasteiger partial charge in [0.15, 0.2) is 0 Å². The van der Waals surface area contributed by atoms with Crippen molar-refractivity contribution in [3.8, 4) is 21.7 Å². The zero-order chi connectivity index (χ0) is 18.8. The van der Waals surface area contributed by atoms with Gasteiger partial charge in [-0.05, 0) is 52.6 Å². The number of rotatable bonds is 2. The van der Waals surface area contributed by atoms with Crippen molar-refractivity contribution >= 4 is 21.4 Å². The lowest BCUT2D eigenvalue weighted by atomic mass is 10.0. The largest absolute Gasteiger partial charge is 0.256 e. The van der Waals surface area contributed by atoms with Crippen LogP contribution in [-0.4, -0.2) is 4.98 Å². The van der Waals surface area contributed by atoms with E-state index in [1.165, 1.54) is 42.8 Å². The van der Waals surface area contributed by atoms with E-state index < -0.39 is 5.89 Å². The lowest BCUT2D eigenvalue weighted by Gasteiger charge is -2.09. The van der Waals surface area contributed by atoms with Gasteiger partial charge in [-0.3, -0.25) is 4.98 Å². The number of pyridine rings is 1. The van der Waals surface area contributed by atoms with E-state index >= 15 is 0 Å². The molecule has 0 saturated carbocycles. The van der Waals surface area contributed by atoms with E-state index in [0.29, 0.717) is 0 Å². The Bertz CT molecular complexity index is 1200. The number of fused-ring (bicyclic) bond motifs is 5. The number of aromatic nitrogens is 1. The summed E-state index contributed by atoms with van der Waals surface area (Å²) in [5, 5.41) is 1.35. The summed E-state index contributed by atoms with van der Waals surface area (Å²) >= 11 is 1.89. The van der Waals surface area contributed by atoms with Gasteiger partial charge in [0.2, 0.25) is 0 Å². The molecule has 2 aromatic carbocycles. The molecule has 0 aliphatic heterocycles. The van der Waals surface area contributed by atoms with Gasteiger partial charge in [0.05, 0.1) is 5.69 Å². The van der Waals surface area contributed by atoms with Crippen LogP contribution in [0, 0.1) is 6.92 Å². The monoisotopic (exact) mass is 356 g/mol. The molecular formula is C24H21NS. The average Bonchev–Trinajstić information content (AvgIpc) is 3.17. The normalized spacial score (nSPS) is 13.6. The molecule has 0 fully saturated rings. The Hall–Kier alpha value is -2.45. The Morgan fingerprint density at radius 3 is 2.81 bits per heavy atom. The van der Waals surface area contributed by atoms with Crippen LogP contribution in [0.3, 0.4) is 0 Å². The van der Waals surface area contributed by atoms with E-state index in [1.54, 1.807) is 0 Å². The van der Waals surface area contributed by atoms with Gasteiger partial charge in [-0.1, -0.05) is 55.8 Å². The Labute approximate surface area is 159 Å². The molecule has 4 aromatic rings. The van der Waals surface area contributed by atoms with Crippen LogP contribution in [0.15, 0.2) is 54.7 Å². The van der Waals surface area contributed by atoms with Crippen molar-refractivity contribution < 1.29 is 1.37 Å². The van der Waals surface area contributed by atoms with Gasteiger partial charge in [-0.25, -0.2) is 0 Å². The van der Waals surface area contributed by atoms with Crippen molar-refractivity contribution in [1.82, 2.24) is 4.98 Å². The van der Waals surface area contributed by atoms with E-state index in [0.717, 1.165) is 17.7 Å². The van der Waals surface area contributed by atoms with E-state index in [1.807, 2.05) is 37.4 Å². The van der Waals surface area contributed by atoms with Crippen molar-refractivity contribution in [2.75, 3.05) is 0 Å². The minimum absolute atomic E-state index is 0.626. The summed E-state index contributed by atoms with van der Waals surface area (Å²) in [4.78, 5) is 6.05. The van der Waals surface area contributed by atoms with Crippen LogP contribution in [0.4, 0.5) is 0 Å². The molecule has 1 aliphatic rings. The summed E-state index contributed by atoms with van der Waals surface area (Å²) in [6.45, 7) is 6.01. The molecule has 2 heterocycles. The smallest absolute Gasteiger partial charge is 0.0719 e. The fourth-order valence-electron chi connectivity index (χ4n) is 3.90. The molecule has 2 aromatic heterocycles. The third kappa shape index (κ3) is 2.33. The summed E-state index contributed by atoms with van der Waals surface area (Å²) in [6.07, 6.45) is 2.85. The van der Waals surface area contributed by atoms with Crippen molar-refractivity contribution in [2.45, 2.75) is 33.1 Å². The number of hydrogen-bond donors (Lipinski definition) is 0. The summed E-state index contributed by atoms with van der Waals surface area (Å²) in [6, 6.07) is 17.4. The van der Waals surface area contributed by atoms with Gasteiger partial charge in [0.25, 0.3) is 0 Å². The summed E-state index contributed by atoms with van der Waals surface area (Å²) in [7, 11) is 0. The van der Waals surface area contributed by atoms with Crippen LogP contribution in [0.5, 0.6) is 0 Å². The molecular weight excluding hydrogens is 334 g/mol. The molecule has 0 spiro atoms. The second kappa shape index (κ2) is 5.78. The number of thiophene rings is 1. The predicted octanol–water partition coefficient (Wildman–Crippen LogP) is 6.97. The molecule has 0 amide bonds. The van der Waals surface area contributed by atoms with Crippen molar-refractivity contribution in [1.29, 1.82) is 0 Å². The minimum Gasteiger partial charge on any atom is -0.256 e. The Morgan fingerprint density at radius 1 is 1.08 bits per heavy atom. The van der Waals surface area contributed by atoms with Crippen LogP contribution < -0.4 is 0 Å². The number of benzene rings is 2. The fourth-order valence-corrected chi connectivity index (χ4v) is 5.29. The van der Waals surface area contributed by atoms with E-state index in [4.69, 9.17) is 1.37 Å². The highest BCUT2D eigenvalue weighted by Crippen LogP contribution is 2.48. The highest BCUT2D eigenvalue weighted by atomic mass is 32.1. The highest BCUT2D eigenvalue weighted by Gasteiger charge is 2.24. The van der Waals surface area contributed by atoms with Gasteiger partial charge in [0, 0.05) is 29.1 Å². The molecule has 2 heteroatoms. The summed E-state index contributed by atoms with van der Waals surface area (Å²) in [5.74, 6) is -0.626. The molecule has 128 valence electrons. The molecule has 26 heavy (non-hydrogen) atoms. The first kappa shape index (κ1) is 14.7. The van der Waals surface area contributed by atoms with Gasteiger partial charge in [-0.2, -0.15) is 0 Å². The molecule has 1 nitrogen and oxygen atoms in total. The quantitative estimate of drug-likeness (QED) is 0.333. The second-order valence-corrected chi connectivity index (χ2v) is 8.38. The SMILES string of the molecule is [2H]C(C)(C)c1ccnc(-c2cccc3c4c(sc23)-c2cc(C)ccc2C4)c1. The Balaban J connectivity index is 1.72. The van der Waals surface area contributed by atoms with Gasteiger partial charge in [0.1, 0.15) is 0 Å². The highest BCUT2D eigenvalue weighted by molar-refractivity contribution is 7.23. The maximum Gasteiger partial charge on any atom is 0.0719 e. The first-order valence-corrected chi connectivity index (χ1v) is 9.85. The van der Waals surface area contributed by atoms with Crippen molar-refractivity contribution in [2.24, 2.45) is 0 Å². The molecule has 0 N–H and O–H groups in total. The third-order valence-electron chi connectivity index (χ3n) is 5.31. The lowest BCUT2D eigenvalue weighted by Crippen LogP contribution is -1.91. The number of aryl methyl sites for hydroxylation is 1. The number of nitrogens with zero attached hydrogens (tertiary/aromatic N) is 1. The third-order valence-corrected chi connectivity index (χ3v) is 6.62. The molecule has 5 rings (SSSR count). The average molecular weight is 357 g/mol. The summed E-state index contributed by atoms with van der Waals surface area (Å²) in [5.41, 5.74) is 8.72. The molecule has 0 bridgehead atoms. The van der Waals surface area contributed by atoms with Crippen LogP contribution in [0.25, 0.3) is 31.8 Å². The first-order valence-electron chi connectivity index (χ1n) is 9.53. The van der Waals surface area contributed by atoms with Crippen LogP contribution in [0.2, 0.25) is 0 Å². The van der Waals surface area contributed by atoms with Gasteiger partial charge in [-0.15, -0.1) is 11.3 Å². The topological polar surface area (TPSA) is 12.9 Å². The van der Waals surface area contributed by atoms with Crippen molar-refractivity contribution in [3.05, 3.63) is 77.0 Å². The maximum absolute atomic E-state index is 8.35. The van der Waals surface area contributed by atoms with Crippen LogP contribution in [-0.2, 0) is 6.42 Å². The zero-order valence-electron chi connectivity index (χ0n) is 16.3. The second-order valence-electron chi connectivity index (χ2n) is 7.36. The Kier molecular flexibility index (Phi) is 3.27. The van der Waals surface area contributed by atoms with E-state index in [2.05, 4.69) is 54.4 Å². The van der Waals surface area contributed by atoms with Gasteiger partial charge >= 0.3 is 0 Å². The van der Waals surface area contributed by atoms with Crippen LogP contribution >= 0.6 is 11.3 Å². The standard InChI is InChI=1S/C24H21NS/c1-14(2)16-9-10-25-22(13-16)19-6-4-5-18-21-12-17-8-7-15(3)11-20(17)24(21)26-23(18)19/h4-11,13-14H,12H2,1-3H3/i14D. The van der Waals surface area contributed by atoms with Crippen molar-refractivity contribution in [3.63, 3.8) is 0 Å². The lowest BCUT2D eigenvalue weighted by molar-refractivity contribution is 0.864. The molecule has 0 unspecified atom stereocenters. The first-order chi connectivity index (χ1) is 12.9. The van der Waals surface area contributed by atoms with Gasteiger partial charge < -0.3 is 0 Å². The van der Waals surface area contributed by atoms with Crippen LogP contribution in [0.1, 0.15) is 43.4 Å². The maximum atomic E-state index is 8.35. The molecule has 1 aliphatic carbocycles. The molecule has 0 atom stereocenters. The van der Waals surface area contributed by atoms with E-state index in [-0.39, 0.29) is 0 Å².